The molecule has 0 aliphatic heterocycles. The maximum absolute atomic E-state index is 9.39. The fourth-order valence-corrected chi connectivity index (χ4v) is 2.67. The minimum Gasteiger partial charge on any atom is -0.382 e. The van der Waals surface area contributed by atoms with Gasteiger partial charge in [-0.1, -0.05) is 13.3 Å². The molecule has 0 bridgehead atoms. The van der Waals surface area contributed by atoms with Crippen molar-refractivity contribution in [1.82, 2.24) is 5.32 Å². The van der Waals surface area contributed by atoms with Gasteiger partial charge < -0.3 is 9.47 Å². The summed E-state index contributed by atoms with van der Waals surface area (Å²) < 4.78 is 10.4. The summed E-state index contributed by atoms with van der Waals surface area (Å²) in [6.07, 6.45) is 4.21. The first kappa shape index (κ1) is 14.4. The first-order valence-electron chi connectivity index (χ1n) is 6.52. The maximum atomic E-state index is 9.39. The van der Waals surface area contributed by atoms with Crippen molar-refractivity contribution < 1.29 is 9.47 Å². The first-order chi connectivity index (χ1) is 8.29. The van der Waals surface area contributed by atoms with Crippen LogP contribution in [0.2, 0.25) is 0 Å². The minimum absolute atomic E-state index is 0.306. The van der Waals surface area contributed by atoms with E-state index in [2.05, 4.69) is 18.3 Å². The third-order valence-corrected chi connectivity index (χ3v) is 3.55. The Hall–Kier alpha value is -0.630. The topological polar surface area (TPSA) is 54.3 Å². The van der Waals surface area contributed by atoms with Gasteiger partial charge in [-0.25, -0.2) is 0 Å². The Morgan fingerprint density at radius 1 is 1.41 bits per heavy atom. The van der Waals surface area contributed by atoms with Crippen molar-refractivity contribution in [2.45, 2.75) is 38.1 Å². The number of methoxy groups -OCH3 is 1. The molecule has 1 N–H and O–H groups in total. The zero-order valence-corrected chi connectivity index (χ0v) is 11.0. The first-order valence-corrected chi connectivity index (χ1v) is 6.52. The van der Waals surface area contributed by atoms with Crippen LogP contribution in [0.25, 0.3) is 0 Å². The highest BCUT2D eigenvalue weighted by Crippen LogP contribution is 2.37. The zero-order valence-electron chi connectivity index (χ0n) is 11.0. The third kappa shape index (κ3) is 3.95. The van der Waals surface area contributed by atoms with Crippen molar-refractivity contribution in [3.63, 3.8) is 0 Å². The number of nitrogens with one attached hydrogen (secondary N) is 1. The average molecular weight is 240 g/mol. The molecule has 0 amide bonds. The molecule has 1 saturated carbocycles. The van der Waals surface area contributed by atoms with Crippen LogP contribution in [0, 0.1) is 17.2 Å². The molecule has 4 heteroatoms. The van der Waals surface area contributed by atoms with Crippen molar-refractivity contribution in [3.05, 3.63) is 0 Å². The molecule has 4 nitrogen and oxygen atoms in total. The Labute approximate surface area is 104 Å². The van der Waals surface area contributed by atoms with Gasteiger partial charge in [0.1, 0.15) is 5.54 Å². The van der Waals surface area contributed by atoms with E-state index < -0.39 is 0 Å². The van der Waals surface area contributed by atoms with Crippen LogP contribution < -0.4 is 5.32 Å². The van der Waals surface area contributed by atoms with Crippen molar-refractivity contribution >= 4 is 0 Å². The molecule has 1 aliphatic carbocycles. The van der Waals surface area contributed by atoms with Crippen molar-refractivity contribution in [2.24, 2.45) is 5.92 Å². The molecule has 17 heavy (non-hydrogen) atoms. The van der Waals surface area contributed by atoms with Crippen molar-refractivity contribution in [1.29, 1.82) is 5.26 Å². The van der Waals surface area contributed by atoms with E-state index in [0.29, 0.717) is 19.1 Å². The number of ether oxygens (including phenoxy) is 2. The molecule has 1 aliphatic rings. The van der Waals surface area contributed by atoms with E-state index in [4.69, 9.17) is 9.47 Å². The number of hydrogen-bond donors (Lipinski definition) is 1. The van der Waals surface area contributed by atoms with Gasteiger partial charge in [0.15, 0.2) is 0 Å². The van der Waals surface area contributed by atoms with E-state index in [1.807, 2.05) is 0 Å². The fourth-order valence-electron chi connectivity index (χ4n) is 2.67. The molecule has 0 heterocycles. The molecule has 0 spiro atoms. The molecule has 98 valence electrons. The van der Waals surface area contributed by atoms with Gasteiger partial charge in [-0.15, -0.1) is 0 Å². The monoisotopic (exact) mass is 240 g/mol. The number of rotatable bonds is 8. The summed E-state index contributed by atoms with van der Waals surface area (Å²) >= 11 is 0. The second-order valence-electron chi connectivity index (χ2n) is 4.60. The fraction of sp³-hybridized carbons (Fsp3) is 0.923. The van der Waals surface area contributed by atoms with Gasteiger partial charge in [-0.05, 0) is 31.7 Å². The van der Waals surface area contributed by atoms with Crippen LogP contribution in [0.1, 0.15) is 32.6 Å². The summed E-state index contributed by atoms with van der Waals surface area (Å²) in [4.78, 5) is 0. The SMILES string of the molecule is CCNC1(C#N)CCCC1CCOCCOC. The Morgan fingerprint density at radius 3 is 2.88 bits per heavy atom. The molecule has 0 aromatic rings. The molecule has 0 saturated heterocycles. The molecular weight excluding hydrogens is 216 g/mol. The third-order valence-electron chi connectivity index (χ3n) is 3.55. The van der Waals surface area contributed by atoms with E-state index in [0.717, 1.165) is 38.8 Å². The highest BCUT2D eigenvalue weighted by atomic mass is 16.5. The number of nitrogens with zero attached hydrogens (tertiary/aromatic N) is 1. The Balaban J connectivity index is 2.33. The van der Waals surface area contributed by atoms with Gasteiger partial charge in [-0.3, -0.25) is 5.32 Å². The van der Waals surface area contributed by atoms with Gasteiger partial charge >= 0.3 is 0 Å². The highest BCUT2D eigenvalue weighted by molar-refractivity contribution is 5.13. The van der Waals surface area contributed by atoms with Crippen LogP contribution in [-0.2, 0) is 9.47 Å². The van der Waals surface area contributed by atoms with Crippen LogP contribution in [0.5, 0.6) is 0 Å². The quantitative estimate of drug-likeness (QED) is 0.656. The lowest BCUT2D eigenvalue weighted by atomic mass is 9.86. The van der Waals surface area contributed by atoms with Gasteiger partial charge in [0.25, 0.3) is 0 Å². The Morgan fingerprint density at radius 2 is 2.24 bits per heavy atom. The second kappa shape index (κ2) is 7.65. The maximum Gasteiger partial charge on any atom is 0.109 e. The molecule has 1 fully saturated rings. The van der Waals surface area contributed by atoms with Crippen LogP contribution in [-0.4, -0.2) is 39.0 Å². The largest absolute Gasteiger partial charge is 0.382 e. The van der Waals surface area contributed by atoms with Crippen LogP contribution in [0.15, 0.2) is 0 Å². The van der Waals surface area contributed by atoms with E-state index in [9.17, 15) is 5.26 Å². The summed E-state index contributed by atoms with van der Waals surface area (Å²) in [5, 5.41) is 12.8. The lowest BCUT2D eigenvalue weighted by molar-refractivity contribution is 0.0603. The molecule has 0 aromatic carbocycles. The lowest BCUT2D eigenvalue weighted by Crippen LogP contribution is -2.47. The van der Waals surface area contributed by atoms with Gasteiger partial charge in [0.2, 0.25) is 0 Å². The zero-order chi connectivity index (χ0) is 12.6. The molecule has 1 rings (SSSR count). The molecule has 0 radical (unpaired) electrons. The Bertz CT molecular complexity index is 252. The Kier molecular flexibility index (Phi) is 6.49. The van der Waals surface area contributed by atoms with Crippen molar-refractivity contribution in [2.75, 3.05) is 33.5 Å². The second-order valence-corrected chi connectivity index (χ2v) is 4.60. The average Bonchev–Trinajstić information content (AvgIpc) is 2.73. The lowest BCUT2D eigenvalue weighted by Gasteiger charge is -2.29. The molecule has 2 atom stereocenters. The summed E-state index contributed by atoms with van der Waals surface area (Å²) in [6.45, 7) is 4.92. The summed E-state index contributed by atoms with van der Waals surface area (Å²) in [6, 6.07) is 2.49. The smallest absolute Gasteiger partial charge is 0.109 e. The van der Waals surface area contributed by atoms with E-state index in [1.165, 1.54) is 0 Å². The molecule has 2 unspecified atom stereocenters. The van der Waals surface area contributed by atoms with Crippen LogP contribution >= 0.6 is 0 Å². The normalized spacial score (nSPS) is 28.2. The highest BCUT2D eigenvalue weighted by Gasteiger charge is 2.42. The van der Waals surface area contributed by atoms with E-state index in [-0.39, 0.29) is 5.54 Å². The summed E-state index contributed by atoms with van der Waals surface area (Å²) in [5.74, 6) is 0.426. The van der Waals surface area contributed by atoms with Gasteiger partial charge in [0.05, 0.1) is 19.3 Å². The minimum atomic E-state index is -0.306. The standard InChI is InChI=1S/C13H24N2O2/c1-3-15-13(11-14)7-4-5-12(13)6-8-17-10-9-16-2/h12,15H,3-10H2,1-2H3. The van der Waals surface area contributed by atoms with Gasteiger partial charge in [-0.2, -0.15) is 5.26 Å². The predicted octanol–water partition coefficient (Wildman–Crippen LogP) is 1.71. The van der Waals surface area contributed by atoms with Gasteiger partial charge in [0, 0.05) is 13.7 Å². The van der Waals surface area contributed by atoms with Crippen molar-refractivity contribution in [3.8, 4) is 6.07 Å². The van der Waals surface area contributed by atoms with Crippen LogP contribution in [0.3, 0.4) is 0 Å². The van der Waals surface area contributed by atoms with Crippen LogP contribution in [0.4, 0.5) is 0 Å². The molecule has 0 aromatic heterocycles. The number of hydrogen-bond acceptors (Lipinski definition) is 4. The van der Waals surface area contributed by atoms with E-state index in [1.54, 1.807) is 7.11 Å². The predicted molar refractivity (Wildman–Crippen MR) is 66.7 cm³/mol. The van der Waals surface area contributed by atoms with E-state index >= 15 is 0 Å². The summed E-state index contributed by atoms with van der Waals surface area (Å²) in [5.41, 5.74) is -0.306. The summed E-state index contributed by atoms with van der Waals surface area (Å²) in [7, 11) is 1.67. The molecular formula is C13H24N2O2. The number of nitriles is 1.